The third kappa shape index (κ3) is 6.60. The van der Waals surface area contributed by atoms with Gasteiger partial charge in [0.25, 0.3) is 11.6 Å². The number of nitrogens with one attached hydrogen (secondary N) is 1. The number of amidine groups is 1. The minimum Gasteiger partial charge on any atom is -0.497 e. The Morgan fingerprint density at radius 3 is 2.62 bits per heavy atom. The molecular weight excluding hydrogens is 518 g/mol. The van der Waals surface area contributed by atoms with Crippen LogP contribution >= 0.6 is 23.4 Å². The molecular formula is C26H22ClN3O6S. The minimum atomic E-state index is -0.464. The Balaban J connectivity index is 1.54. The first-order valence-electron chi connectivity index (χ1n) is 11.1. The van der Waals surface area contributed by atoms with Crippen LogP contribution in [-0.4, -0.2) is 29.7 Å². The molecule has 0 aliphatic carbocycles. The van der Waals surface area contributed by atoms with Crippen molar-refractivity contribution in [3.05, 3.63) is 91.8 Å². The van der Waals surface area contributed by atoms with Crippen molar-refractivity contribution in [3.8, 4) is 17.2 Å². The van der Waals surface area contributed by atoms with Crippen LogP contribution < -0.4 is 19.5 Å². The standard InChI is InChI=1S/C26H22ClN3O6S/c1-3-35-22-13-17(12-21(27)24(22)36-15-16-5-4-6-19(11-16)30(32)33)14-23-25(31)29-26(37-23)28-18-7-9-20(34-2)10-8-18/h4-14H,3,15H2,1-2H3,(H,28,29,31)/b23-14+. The molecule has 0 unspecified atom stereocenters. The van der Waals surface area contributed by atoms with Crippen molar-refractivity contribution in [1.29, 1.82) is 0 Å². The first kappa shape index (κ1) is 26.1. The van der Waals surface area contributed by atoms with Gasteiger partial charge in [0.1, 0.15) is 12.4 Å². The van der Waals surface area contributed by atoms with E-state index in [4.69, 9.17) is 25.8 Å². The smallest absolute Gasteiger partial charge is 0.269 e. The van der Waals surface area contributed by atoms with Crippen molar-refractivity contribution in [3.63, 3.8) is 0 Å². The Morgan fingerprint density at radius 2 is 1.92 bits per heavy atom. The van der Waals surface area contributed by atoms with Gasteiger partial charge < -0.3 is 19.5 Å². The van der Waals surface area contributed by atoms with Gasteiger partial charge in [0.05, 0.1) is 34.3 Å². The van der Waals surface area contributed by atoms with Crippen LogP contribution in [0.1, 0.15) is 18.1 Å². The number of non-ortho nitro benzene ring substituents is 1. The number of benzene rings is 3. The predicted octanol–water partition coefficient (Wildman–Crippen LogP) is 6.13. The fourth-order valence-corrected chi connectivity index (χ4v) is 4.51. The maximum absolute atomic E-state index is 12.5. The average molecular weight is 540 g/mol. The Labute approximate surface area is 222 Å². The molecule has 1 heterocycles. The van der Waals surface area contributed by atoms with Crippen LogP contribution in [-0.2, 0) is 11.4 Å². The maximum Gasteiger partial charge on any atom is 0.269 e. The number of hydrogen-bond donors (Lipinski definition) is 1. The number of carbonyl (C=O) groups is 1. The molecule has 0 radical (unpaired) electrons. The molecule has 0 aromatic heterocycles. The van der Waals surface area contributed by atoms with E-state index in [0.29, 0.717) is 50.7 Å². The molecule has 4 rings (SSSR count). The lowest BCUT2D eigenvalue weighted by atomic mass is 10.1. The molecule has 1 saturated heterocycles. The van der Waals surface area contributed by atoms with Gasteiger partial charge in [-0.1, -0.05) is 23.7 Å². The highest BCUT2D eigenvalue weighted by molar-refractivity contribution is 8.18. The van der Waals surface area contributed by atoms with Gasteiger partial charge in [-0.05, 0) is 72.3 Å². The van der Waals surface area contributed by atoms with Crippen molar-refractivity contribution < 1.29 is 23.9 Å². The number of carbonyl (C=O) groups excluding carboxylic acids is 1. The SMILES string of the molecule is CCOc1cc(/C=C2/SC(=Nc3ccc(OC)cc3)NC2=O)cc(Cl)c1OCc1cccc([N+](=O)[O-])c1. The molecule has 11 heteroatoms. The van der Waals surface area contributed by atoms with E-state index in [-0.39, 0.29) is 23.2 Å². The summed E-state index contributed by atoms with van der Waals surface area (Å²) in [4.78, 5) is 28.0. The number of hydrogen-bond acceptors (Lipinski definition) is 8. The fourth-order valence-electron chi connectivity index (χ4n) is 3.40. The highest BCUT2D eigenvalue weighted by Gasteiger charge is 2.24. The molecule has 3 aromatic rings. The normalized spacial score (nSPS) is 15.1. The van der Waals surface area contributed by atoms with Crippen molar-refractivity contribution in [1.82, 2.24) is 5.32 Å². The number of thioether (sulfide) groups is 1. The lowest BCUT2D eigenvalue weighted by Crippen LogP contribution is -2.19. The van der Waals surface area contributed by atoms with Gasteiger partial charge >= 0.3 is 0 Å². The van der Waals surface area contributed by atoms with Crippen molar-refractivity contribution in [2.24, 2.45) is 4.99 Å². The Morgan fingerprint density at radius 1 is 1.14 bits per heavy atom. The van der Waals surface area contributed by atoms with Crippen molar-refractivity contribution >= 4 is 51.9 Å². The number of halogens is 1. The van der Waals surface area contributed by atoms with Crippen molar-refractivity contribution in [2.75, 3.05) is 13.7 Å². The molecule has 37 heavy (non-hydrogen) atoms. The monoisotopic (exact) mass is 539 g/mol. The van der Waals surface area contributed by atoms with Crippen LogP contribution in [0.5, 0.6) is 17.2 Å². The molecule has 190 valence electrons. The second-order valence-corrected chi connectivity index (χ2v) is 9.10. The van der Waals surface area contributed by atoms with Crippen LogP contribution in [0.2, 0.25) is 5.02 Å². The number of methoxy groups -OCH3 is 1. The van der Waals surface area contributed by atoms with Gasteiger partial charge in [0.2, 0.25) is 0 Å². The van der Waals surface area contributed by atoms with Gasteiger partial charge in [-0.15, -0.1) is 0 Å². The number of ether oxygens (including phenoxy) is 3. The van der Waals surface area contributed by atoms with Gasteiger partial charge in [-0.2, -0.15) is 0 Å². The molecule has 1 N–H and O–H groups in total. The molecule has 1 amide bonds. The second-order valence-electron chi connectivity index (χ2n) is 7.66. The molecule has 3 aromatic carbocycles. The summed E-state index contributed by atoms with van der Waals surface area (Å²) in [7, 11) is 1.59. The van der Waals surface area contributed by atoms with E-state index in [2.05, 4.69) is 10.3 Å². The molecule has 1 aliphatic rings. The summed E-state index contributed by atoms with van der Waals surface area (Å²) < 4.78 is 16.8. The van der Waals surface area contributed by atoms with E-state index in [1.807, 2.05) is 6.92 Å². The average Bonchev–Trinajstić information content (AvgIpc) is 3.22. The van der Waals surface area contributed by atoms with Gasteiger partial charge in [0.15, 0.2) is 16.7 Å². The predicted molar refractivity (Wildman–Crippen MR) is 144 cm³/mol. The lowest BCUT2D eigenvalue weighted by molar-refractivity contribution is -0.384. The molecule has 9 nitrogen and oxygen atoms in total. The first-order valence-corrected chi connectivity index (χ1v) is 12.3. The number of amides is 1. The zero-order valence-corrected chi connectivity index (χ0v) is 21.5. The molecule has 1 fully saturated rings. The third-order valence-electron chi connectivity index (χ3n) is 5.09. The first-order chi connectivity index (χ1) is 17.9. The van der Waals surface area contributed by atoms with Crippen LogP contribution in [0.15, 0.2) is 70.6 Å². The summed E-state index contributed by atoms with van der Waals surface area (Å²) in [6.07, 6.45) is 1.69. The summed E-state index contributed by atoms with van der Waals surface area (Å²) in [6.45, 7) is 2.24. The highest BCUT2D eigenvalue weighted by Crippen LogP contribution is 2.39. The number of rotatable bonds is 9. The summed E-state index contributed by atoms with van der Waals surface area (Å²) in [6, 6.07) is 16.7. The number of nitro groups is 1. The van der Waals surface area contributed by atoms with E-state index in [9.17, 15) is 14.9 Å². The van der Waals surface area contributed by atoms with E-state index >= 15 is 0 Å². The Bertz CT molecular complexity index is 1390. The molecule has 0 spiro atoms. The Kier molecular flexibility index (Phi) is 8.32. The second kappa shape index (κ2) is 11.8. The quantitative estimate of drug-likeness (QED) is 0.198. The van der Waals surface area contributed by atoms with E-state index < -0.39 is 4.92 Å². The maximum atomic E-state index is 12.5. The van der Waals surface area contributed by atoms with Crippen LogP contribution in [0.4, 0.5) is 11.4 Å². The number of nitrogens with zero attached hydrogens (tertiary/aromatic N) is 2. The summed E-state index contributed by atoms with van der Waals surface area (Å²) >= 11 is 7.72. The third-order valence-corrected chi connectivity index (χ3v) is 6.28. The lowest BCUT2D eigenvalue weighted by Gasteiger charge is -2.14. The van der Waals surface area contributed by atoms with Crippen LogP contribution in [0.3, 0.4) is 0 Å². The molecule has 0 saturated carbocycles. The molecule has 0 bridgehead atoms. The van der Waals surface area contributed by atoms with Crippen LogP contribution in [0, 0.1) is 10.1 Å². The topological polar surface area (TPSA) is 112 Å². The number of aliphatic imine (C=N–C) groups is 1. The minimum absolute atomic E-state index is 0.0264. The Hall–Kier alpha value is -4.02. The number of nitro benzene ring substituents is 1. The largest absolute Gasteiger partial charge is 0.497 e. The summed E-state index contributed by atoms with van der Waals surface area (Å²) in [5.41, 5.74) is 1.90. The van der Waals surface area contributed by atoms with Gasteiger partial charge in [-0.25, -0.2) is 4.99 Å². The van der Waals surface area contributed by atoms with E-state index in [1.54, 1.807) is 61.7 Å². The van der Waals surface area contributed by atoms with Gasteiger partial charge in [0, 0.05) is 12.1 Å². The van der Waals surface area contributed by atoms with Crippen LogP contribution in [0.25, 0.3) is 6.08 Å². The zero-order valence-electron chi connectivity index (χ0n) is 19.9. The highest BCUT2D eigenvalue weighted by atomic mass is 35.5. The fraction of sp³-hybridized carbons (Fsp3) is 0.154. The van der Waals surface area contributed by atoms with Gasteiger partial charge in [-0.3, -0.25) is 14.9 Å². The summed E-state index contributed by atoms with van der Waals surface area (Å²) in [5, 5.41) is 14.5. The van der Waals surface area contributed by atoms with E-state index in [1.165, 1.54) is 23.9 Å². The van der Waals surface area contributed by atoms with Crippen molar-refractivity contribution in [2.45, 2.75) is 13.5 Å². The molecule has 1 aliphatic heterocycles. The zero-order chi connectivity index (χ0) is 26.4. The van der Waals surface area contributed by atoms with E-state index in [0.717, 1.165) is 0 Å². The summed E-state index contributed by atoms with van der Waals surface area (Å²) in [5.74, 6) is 1.13. The molecule has 0 atom stereocenters.